The zero-order valence-electron chi connectivity index (χ0n) is 11.3. The second-order valence-corrected chi connectivity index (χ2v) is 6.35. The maximum atomic E-state index is 12.2. The first-order valence-corrected chi connectivity index (χ1v) is 7.47. The molecule has 0 spiro atoms. The van der Waals surface area contributed by atoms with Crippen molar-refractivity contribution in [2.45, 2.75) is 19.9 Å². The fraction of sp³-hybridized carbons (Fsp3) is 0.200. The third kappa shape index (κ3) is 3.43. The lowest BCUT2D eigenvalue weighted by molar-refractivity contribution is 0.0940. The van der Waals surface area contributed by atoms with Crippen LogP contribution in [0.1, 0.15) is 38.6 Å². The smallest absolute Gasteiger partial charge is 0.251 e. The summed E-state index contributed by atoms with van der Waals surface area (Å²) in [4.78, 5) is 14.9. The largest absolute Gasteiger partial charge is 0.389 e. The minimum atomic E-state index is -0.123. The van der Waals surface area contributed by atoms with Gasteiger partial charge in [0.15, 0.2) is 0 Å². The second-order valence-electron chi connectivity index (χ2n) is 4.59. The Morgan fingerprint density at radius 1 is 1.30 bits per heavy atom. The standard InChI is InChI=1S/C15H16N2OS2/c1-9-6-7-13(20-9)10(2)17-15(18)12-5-3-4-11(8-12)14(16)19/h3-8,10H,1-2H3,(H2,16,19)(H,17,18). The average molecular weight is 304 g/mol. The van der Waals surface area contributed by atoms with E-state index in [0.717, 1.165) is 4.88 Å². The van der Waals surface area contributed by atoms with Gasteiger partial charge in [0.05, 0.1) is 6.04 Å². The number of rotatable bonds is 4. The Morgan fingerprint density at radius 3 is 2.60 bits per heavy atom. The number of hydrogen-bond donors (Lipinski definition) is 2. The zero-order valence-corrected chi connectivity index (χ0v) is 13.0. The number of hydrogen-bond acceptors (Lipinski definition) is 3. The van der Waals surface area contributed by atoms with Crippen LogP contribution in [0.5, 0.6) is 0 Å². The van der Waals surface area contributed by atoms with Crippen molar-refractivity contribution in [2.75, 3.05) is 0 Å². The summed E-state index contributed by atoms with van der Waals surface area (Å²) in [6, 6.07) is 11.1. The van der Waals surface area contributed by atoms with E-state index in [4.69, 9.17) is 18.0 Å². The van der Waals surface area contributed by atoms with Crippen LogP contribution in [-0.2, 0) is 0 Å². The molecule has 0 saturated carbocycles. The van der Waals surface area contributed by atoms with Crippen LogP contribution in [0.3, 0.4) is 0 Å². The molecule has 1 aromatic carbocycles. The molecule has 0 bridgehead atoms. The van der Waals surface area contributed by atoms with Gasteiger partial charge in [0.1, 0.15) is 4.99 Å². The minimum absolute atomic E-state index is 0.0188. The Bertz CT molecular complexity index is 649. The number of nitrogens with one attached hydrogen (secondary N) is 1. The number of amides is 1. The highest BCUT2D eigenvalue weighted by atomic mass is 32.1. The maximum Gasteiger partial charge on any atom is 0.251 e. The predicted molar refractivity (Wildman–Crippen MR) is 87.3 cm³/mol. The van der Waals surface area contributed by atoms with Gasteiger partial charge in [-0.2, -0.15) is 0 Å². The van der Waals surface area contributed by atoms with Crippen molar-refractivity contribution in [3.05, 3.63) is 57.3 Å². The fourth-order valence-electron chi connectivity index (χ4n) is 1.85. The summed E-state index contributed by atoms with van der Waals surface area (Å²) in [5, 5.41) is 2.98. The quantitative estimate of drug-likeness (QED) is 0.853. The van der Waals surface area contributed by atoms with Gasteiger partial charge in [-0.15, -0.1) is 11.3 Å². The number of aryl methyl sites for hydroxylation is 1. The molecule has 3 nitrogen and oxygen atoms in total. The molecule has 2 rings (SSSR count). The molecule has 1 aromatic heterocycles. The molecule has 104 valence electrons. The van der Waals surface area contributed by atoms with Gasteiger partial charge in [0.2, 0.25) is 0 Å². The molecular weight excluding hydrogens is 288 g/mol. The van der Waals surface area contributed by atoms with Gasteiger partial charge in [-0.25, -0.2) is 0 Å². The van der Waals surface area contributed by atoms with Crippen LogP contribution >= 0.6 is 23.6 Å². The van der Waals surface area contributed by atoms with Crippen LogP contribution in [0.2, 0.25) is 0 Å². The van der Waals surface area contributed by atoms with E-state index in [-0.39, 0.29) is 11.9 Å². The molecule has 20 heavy (non-hydrogen) atoms. The number of thiocarbonyl (C=S) groups is 1. The summed E-state index contributed by atoms with van der Waals surface area (Å²) in [7, 11) is 0. The summed E-state index contributed by atoms with van der Waals surface area (Å²) in [6.45, 7) is 4.02. The molecule has 1 atom stereocenters. The number of carbonyl (C=O) groups excluding carboxylic acids is 1. The van der Waals surface area contributed by atoms with Crippen LogP contribution in [-0.4, -0.2) is 10.9 Å². The number of thiophene rings is 1. The van der Waals surface area contributed by atoms with E-state index in [2.05, 4.69) is 11.4 Å². The van der Waals surface area contributed by atoms with Gasteiger partial charge in [0, 0.05) is 20.9 Å². The molecule has 3 N–H and O–H groups in total. The zero-order chi connectivity index (χ0) is 14.7. The van der Waals surface area contributed by atoms with Gasteiger partial charge in [0.25, 0.3) is 5.91 Å². The Balaban J connectivity index is 2.12. The number of benzene rings is 1. The molecule has 0 saturated heterocycles. The Hall–Kier alpha value is -1.72. The van der Waals surface area contributed by atoms with E-state index < -0.39 is 0 Å². The van der Waals surface area contributed by atoms with Gasteiger partial charge < -0.3 is 11.1 Å². The highest BCUT2D eigenvalue weighted by Crippen LogP contribution is 2.22. The summed E-state index contributed by atoms with van der Waals surface area (Å²) >= 11 is 6.61. The lowest BCUT2D eigenvalue weighted by atomic mass is 10.1. The van der Waals surface area contributed by atoms with Crippen molar-refractivity contribution in [2.24, 2.45) is 5.73 Å². The SMILES string of the molecule is Cc1ccc(C(C)NC(=O)c2cccc(C(N)=S)c2)s1. The third-order valence-corrected chi connectivity index (χ3v) is 4.36. The molecule has 0 aliphatic heterocycles. The lowest BCUT2D eigenvalue weighted by Gasteiger charge is -2.12. The Morgan fingerprint density at radius 2 is 2.00 bits per heavy atom. The third-order valence-electron chi connectivity index (χ3n) is 2.94. The molecule has 5 heteroatoms. The summed E-state index contributed by atoms with van der Waals surface area (Å²) in [5.74, 6) is -0.123. The predicted octanol–water partition coefficient (Wildman–Crippen LogP) is 3.18. The van der Waals surface area contributed by atoms with Crippen LogP contribution in [0.25, 0.3) is 0 Å². The molecule has 0 aliphatic carbocycles. The van der Waals surface area contributed by atoms with Crippen molar-refractivity contribution in [3.63, 3.8) is 0 Å². The lowest BCUT2D eigenvalue weighted by Crippen LogP contribution is -2.26. The van der Waals surface area contributed by atoms with Crippen molar-refractivity contribution < 1.29 is 4.79 Å². The molecule has 2 aromatic rings. The Kier molecular flexibility index (Phi) is 4.52. The van der Waals surface area contributed by atoms with Gasteiger partial charge in [-0.1, -0.05) is 24.4 Å². The van der Waals surface area contributed by atoms with Gasteiger partial charge >= 0.3 is 0 Å². The summed E-state index contributed by atoms with van der Waals surface area (Å²) < 4.78 is 0. The van der Waals surface area contributed by atoms with E-state index in [1.807, 2.05) is 19.9 Å². The van der Waals surface area contributed by atoms with E-state index in [1.165, 1.54) is 4.88 Å². The molecule has 0 aliphatic rings. The summed E-state index contributed by atoms with van der Waals surface area (Å²) in [5.41, 5.74) is 6.85. The first-order chi connectivity index (χ1) is 9.47. The van der Waals surface area contributed by atoms with Gasteiger partial charge in [-0.05, 0) is 38.1 Å². The first kappa shape index (κ1) is 14.7. The number of nitrogens with two attached hydrogens (primary N) is 1. The highest BCUT2D eigenvalue weighted by molar-refractivity contribution is 7.80. The van der Waals surface area contributed by atoms with Crippen LogP contribution in [0.15, 0.2) is 36.4 Å². The van der Waals surface area contributed by atoms with Crippen molar-refractivity contribution in [1.82, 2.24) is 5.32 Å². The van der Waals surface area contributed by atoms with E-state index in [0.29, 0.717) is 16.1 Å². The average Bonchev–Trinajstić information content (AvgIpc) is 2.85. The number of carbonyl (C=O) groups is 1. The van der Waals surface area contributed by atoms with Crippen molar-refractivity contribution in [3.8, 4) is 0 Å². The summed E-state index contributed by atoms with van der Waals surface area (Å²) in [6.07, 6.45) is 0. The van der Waals surface area contributed by atoms with E-state index in [9.17, 15) is 4.79 Å². The molecule has 1 amide bonds. The van der Waals surface area contributed by atoms with Crippen LogP contribution in [0.4, 0.5) is 0 Å². The first-order valence-electron chi connectivity index (χ1n) is 6.24. The van der Waals surface area contributed by atoms with Crippen LogP contribution < -0.4 is 11.1 Å². The van der Waals surface area contributed by atoms with Gasteiger partial charge in [-0.3, -0.25) is 4.79 Å². The fourth-order valence-corrected chi connectivity index (χ4v) is 2.86. The normalized spacial score (nSPS) is 11.9. The second kappa shape index (κ2) is 6.15. The molecule has 1 heterocycles. The highest BCUT2D eigenvalue weighted by Gasteiger charge is 2.13. The molecule has 1 unspecified atom stereocenters. The Labute approximate surface area is 127 Å². The minimum Gasteiger partial charge on any atom is -0.389 e. The van der Waals surface area contributed by atoms with Crippen molar-refractivity contribution >= 4 is 34.5 Å². The molecule has 0 fully saturated rings. The van der Waals surface area contributed by atoms with Crippen LogP contribution in [0, 0.1) is 6.92 Å². The van der Waals surface area contributed by atoms with E-state index >= 15 is 0 Å². The maximum absolute atomic E-state index is 12.2. The molecule has 0 radical (unpaired) electrons. The van der Waals surface area contributed by atoms with E-state index in [1.54, 1.807) is 35.6 Å². The van der Waals surface area contributed by atoms with Crippen molar-refractivity contribution in [1.29, 1.82) is 0 Å². The monoisotopic (exact) mass is 304 g/mol. The topological polar surface area (TPSA) is 55.1 Å². The molecular formula is C15H16N2OS2.